The first kappa shape index (κ1) is 35.9. The molecule has 0 saturated carbocycles. The molecule has 0 aromatic carbocycles. The lowest BCUT2D eigenvalue weighted by Gasteiger charge is -2.06. The summed E-state index contributed by atoms with van der Waals surface area (Å²) < 4.78 is 15.8. The molecule has 0 bridgehead atoms. The van der Waals surface area contributed by atoms with Crippen LogP contribution in [0.1, 0.15) is 174 Å². The Bertz CT molecular complexity index is 815. The highest BCUT2D eigenvalue weighted by Crippen LogP contribution is 2.15. The third kappa shape index (κ3) is 20.7. The van der Waals surface area contributed by atoms with E-state index in [1.807, 2.05) is 0 Å². The van der Waals surface area contributed by atoms with Crippen molar-refractivity contribution in [3.8, 4) is 5.75 Å². The molecule has 0 aliphatic rings. The van der Waals surface area contributed by atoms with Crippen LogP contribution in [0.3, 0.4) is 0 Å². The third-order valence-electron chi connectivity index (χ3n) is 7.42. The monoisotopic (exact) mass is 562 g/mol. The molecule has 0 unspecified atom stereocenters. The first-order valence-electron chi connectivity index (χ1n) is 16.5. The Hall–Kier alpha value is -2.11. The van der Waals surface area contributed by atoms with Crippen LogP contribution in [-0.4, -0.2) is 11.9 Å². The summed E-state index contributed by atoms with van der Waals surface area (Å²) in [6.07, 6.45) is 28.6. The Morgan fingerprint density at radius 2 is 1.00 bits per heavy atom. The van der Waals surface area contributed by atoms with Crippen LogP contribution in [0, 0.1) is 0 Å². The van der Waals surface area contributed by atoms with E-state index in [0.717, 1.165) is 44.8 Å². The van der Waals surface area contributed by atoms with Gasteiger partial charge in [-0.05, 0) is 12.8 Å². The van der Waals surface area contributed by atoms with Gasteiger partial charge in [-0.15, -0.1) is 0 Å². The van der Waals surface area contributed by atoms with Crippen molar-refractivity contribution in [2.45, 2.75) is 175 Å². The van der Waals surface area contributed by atoms with Gasteiger partial charge in [0.1, 0.15) is 18.6 Å². The lowest BCUT2D eigenvalue weighted by molar-refractivity contribution is -0.145. The number of carbonyl (C=O) groups is 2. The zero-order valence-electron chi connectivity index (χ0n) is 25.8. The van der Waals surface area contributed by atoms with E-state index in [1.54, 1.807) is 0 Å². The molecule has 0 spiro atoms. The van der Waals surface area contributed by atoms with Crippen molar-refractivity contribution in [3.05, 3.63) is 28.3 Å². The summed E-state index contributed by atoms with van der Waals surface area (Å²) in [4.78, 5) is 36.4. The van der Waals surface area contributed by atoms with Crippen molar-refractivity contribution in [3.63, 3.8) is 0 Å². The highest BCUT2D eigenvalue weighted by Gasteiger charge is 2.12. The molecule has 0 N–H and O–H groups in total. The normalized spacial score (nSPS) is 11.1. The highest BCUT2D eigenvalue weighted by molar-refractivity contribution is 5.72. The van der Waals surface area contributed by atoms with Gasteiger partial charge in [-0.3, -0.25) is 14.4 Å². The van der Waals surface area contributed by atoms with Crippen LogP contribution in [0.2, 0.25) is 0 Å². The standard InChI is InChI=1S/C34H58O6/c1-3-5-7-9-11-13-15-17-19-21-23-25-33(36)39-28-30-27-31(35)32(29-38-30)40-34(37)26-24-22-20-18-16-14-12-10-8-6-4-2/h27,29H,3-26,28H2,1-2H3. The predicted molar refractivity (Wildman–Crippen MR) is 163 cm³/mol. The Morgan fingerprint density at radius 3 is 1.43 bits per heavy atom. The van der Waals surface area contributed by atoms with E-state index < -0.39 is 11.4 Å². The summed E-state index contributed by atoms with van der Waals surface area (Å²) in [6, 6.07) is 1.22. The molecule has 1 rings (SSSR count). The summed E-state index contributed by atoms with van der Waals surface area (Å²) in [5.41, 5.74) is -0.449. The van der Waals surface area contributed by atoms with E-state index >= 15 is 0 Å². The maximum absolute atomic E-state index is 12.3. The number of rotatable bonds is 27. The van der Waals surface area contributed by atoms with Gasteiger partial charge in [0, 0.05) is 18.9 Å². The van der Waals surface area contributed by atoms with Gasteiger partial charge in [-0.25, -0.2) is 0 Å². The zero-order chi connectivity index (χ0) is 29.1. The van der Waals surface area contributed by atoms with Gasteiger partial charge < -0.3 is 13.9 Å². The maximum atomic E-state index is 12.3. The molecule has 6 heteroatoms. The van der Waals surface area contributed by atoms with Crippen LogP contribution in [-0.2, 0) is 20.9 Å². The molecule has 230 valence electrons. The van der Waals surface area contributed by atoms with Gasteiger partial charge in [-0.1, -0.05) is 142 Å². The summed E-state index contributed by atoms with van der Waals surface area (Å²) >= 11 is 0. The van der Waals surface area contributed by atoms with Crippen LogP contribution in [0.25, 0.3) is 0 Å². The molecule has 0 aliphatic heterocycles. The second-order valence-corrected chi connectivity index (χ2v) is 11.3. The smallest absolute Gasteiger partial charge is 0.311 e. The van der Waals surface area contributed by atoms with Crippen LogP contribution in [0.4, 0.5) is 0 Å². The molecule has 40 heavy (non-hydrogen) atoms. The van der Waals surface area contributed by atoms with E-state index in [9.17, 15) is 14.4 Å². The largest absolute Gasteiger partial charge is 0.462 e. The van der Waals surface area contributed by atoms with Crippen molar-refractivity contribution in [1.82, 2.24) is 0 Å². The van der Waals surface area contributed by atoms with Crippen LogP contribution >= 0.6 is 0 Å². The summed E-state index contributed by atoms with van der Waals surface area (Å²) in [5.74, 6) is -0.595. The molecule has 6 nitrogen and oxygen atoms in total. The summed E-state index contributed by atoms with van der Waals surface area (Å²) in [5, 5.41) is 0. The Balaban J connectivity index is 2.07. The number of ether oxygens (including phenoxy) is 2. The zero-order valence-corrected chi connectivity index (χ0v) is 25.8. The maximum Gasteiger partial charge on any atom is 0.311 e. The van der Waals surface area contributed by atoms with E-state index in [0.29, 0.717) is 6.42 Å². The second-order valence-electron chi connectivity index (χ2n) is 11.3. The topological polar surface area (TPSA) is 82.8 Å². The van der Waals surface area contributed by atoms with Crippen molar-refractivity contribution < 1.29 is 23.5 Å². The fourth-order valence-corrected chi connectivity index (χ4v) is 4.85. The quantitative estimate of drug-likeness (QED) is 0.0783. The number of unbranched alkanes of at least 4 members (excludes halogenated alkanes) is 20. The average molecular weight is 563 g/mol. The Kier molecular flexibility index (Phi) is 23.2. The molecular weight excluding hydrogens is 504 g/mol. The SMILES string of the molecule is CCCCCCCCCCCCCC(=O)OCc1cc(=O)c(OC(=O)CCCCCCCCCCCCC)co1. The van der Waals surface area contributed by atoms with Crippen molar-refractivity contribution >= 4 is 11.9 Å². The second kappa shape index (κ2) is 25.8. The number of hydrogen-bond acceptors (Lipinski definition) is 6. The van der Waals surface area contributed by atoms with E-state index in [1.165, 1.54) is 109 Å². The van der Waals surface area contributed by atoms with E-state index in [-0.39, 0.29) is 30.5 Å². The van der Waals surface area contributed by atoms with Crippen molar-refractivity contribution in [1.29, 1.82) is 0 Å². The lowest BCUT2D eigenvalue weighted by atomic mass is 10.1. The van der Waals surface area contributed by atoms with Crippen LogP contribution in [0.15, 0.2) is 21.5 Å². The fraction of sp³-hybridized carbons (Fsp3) is 0.794. The van der Waals surface area contributed by atoms with Gasteiger partial charge >= 0.3 is 11.9 Å². The van der Waals surface area contributed by atoms with Crippen LogP contribution < -0.4 is 10.2 Å². The molecule has 1 aromatic heterocycles. The van der Waals surface area contributed by atoms with Gasteiger partial charge in [-0.2, -0.15) is 0 Å². The molecule has 0 aliphatic carbocycles. The Labute approximate surface area is 244 Å². The molecule has 0 amide bonds. The lowest BCUT2D eigenvalue weighted by Crippen LogP contribution is -2.15. The van der Waals surface area contributed by atoms with Crippen molar-refractivity contribution in [2.75, 3.05) is 0 Å². The van der Waals surface area contributed by atoms with Crippen molar-refractivity contribution in [2.24, 2.45) is 0 Å². The number of esters is 2. The number of hydrogen-bond donors (Lipinski definition) is 0. The summed E-state index contributed by atoms with van der Waals surface area (Å²) in [6.45, 7) is 4.38. The van der Waals surface area contributed by atoms with Gasteiger partial charge in [0.2, 0.25) is 11.2 Å². The van der Waals surface area contributed by atoms with Crippen LogP contribution in [0.5, 0.6) is 5.75 Å². The predicted octanol–water partition coefficient (Wildman–Crippen LogP) is 9.99. The molecule has 1 aromatic rings. The first-order chi connectivity index (χ1) is 19.6. The van der Waals surface area contributed by atoms with E-state index in [2.05, 4.69) is 13.8 Å². The molecule has 0 fully saturated rings. The van der Waals surface area contributed by atoms with E-state index in [4.69, 9.17) is 13.9 Å². The molecule has 0 radical (unpaired) electrons. The average Bonchev–Trinajstić information content (AvgIpc) is 2.94. The molecule has 0 saturated heterocycles. The fourth-order valence-electron chi connectivity index (χ4n) is 4.85. The third-order valence-corrected chi connectivity index (χ3v) is 7.42. The molecular formula is C34H58O6. The minimum absolute atomic E-state index is 0.0981. The highest BCUT2D eigenvalue weighted by atomic mass is 16.6. The van der Waals surface area contributed by atoms with Gasteiger partial charge in [0.15, 0.2) is 0 Å². The summed E-state index contributed by atoms with van der Waals surface area (Å²) in [7, 11) is 0. The number of carbonyl (C=O) groups excluding carboxylic acids is 2. The minimum atomic E-state index is -0.449. The molecule has 1 heterocycles. The van der Waals surface area contributed by atoms with Gasteiger partial charge in [0.05, 0.1) is 0 Å². The minimum Gasteiger partial charge on any atom is -0.462 e. The first-order valence-corrected chi connectivity index (χ1v) is 16.5. The van der Waals surface area contributed by atoms with Gasteiger partial charge in [0.25, 0.3) is 0 Å². The Morgan fingerprint density at radius 1 is 0.600 bits per heavy atom. The molecule has 0 atom stereocenters.